The first kappa shape index (κ1) is 21.5. The first-order valence-corrected chi connectivity index (χ1v) is 11.9. The van der Waals surface area contributed by atoms with Gasteiger partial charge in [0.25, 0.3) is 0 Å². The van der Waals surface area contributed by atoms with Gasteiger partial charge in [0.1, 0.15) is 0 Å². The number of benzene rings is 1. The second kappa shape index (κ2) is 10.5. The summed E-state index contributed by atoms with van der Waals surface area (Å²) in [6, 6.07) is 9.92. The fraction of sp³-hybridized carbons (Fsp3) is 0.524. The van der Waals surface area contributed by atoms with E-state index in [2.05, 4.69) is 10.3 Å². The summed E-state index contributed by atoms with van der Waals surface area (Å²) in [4.78, 5) is 16.5. The molecule has 1 atom stereocenters. The molecule has 7 nitrogen and oxygen atoms in total. The summed E-state index contributed by atoms with van der Waals surface area (Å²) in [6.45, 7) is 2.18. The molecule has 1 saturated heterocycles. The van der Waals surface area contributed by atoms with Crippen LogP contribution in [0.15, 0.2) is 49.1 Å². The van der Waals surface area contributed by atoms with Crippen LogP contribution in [0.2, 0.25) is 0 Å². The van der Waals surface area contributed by atoms with Crippen LogP contribution < -0.4 is 5.32 Å². The minimum absolute atomic E-state index is 0.0418. The number of nitrogens with zero attached hydrogens (tertiary/aromatic N) is 3. The van der Waals surface area contributed by atoms with Gasteiger partial charge in [0.05, 0.1) is 18.0 Å². The summed E-state index contributed by atoms with van der Waals surface area (Å²) >= 11 is 0. The number of carbonyl (C=O) groups excluding carboxylic acids is 1. The average molecular weight is 419 g/mol. The predicted octanol–water partition coefficient (Wildman–Crippen LogP) is 2.06. The van der Waals surface area contributed by atoms with Crippen molar-refractivity contribution in [3.63, 3.8) is 0 Å². The molecule has 1 aliphatic rings. The highest BCUT2D eigenvalue weighted by molar-refractivity contribution is 7.89. The third kappa shape index (κ3) is 6.68. The van der Waals surface area contributed by atoms with Crippen LogP contribution in [0.3, 0.4) is 0 Å². The van der Waals surface area contributed by atoms with Crippen LogP contribution in [0.25, 0.3) is 0 Å². The molecule has 3 rings (SSSR count). The van der Waals surface area contributed by atoms with Gasteiger partial charge in [-0.2, -0.15) is 0 Å². The Hall–Kier alpha value is -2.19. The largest absolute Gasteiger partial charge is 0.356 e. The van der Waals surface area contributed by atoms with Gasteiger partial charge in [-0.15, -0.1) is 0 Å². The molecule has 0 radical (unpaired) electrons. The van der Waals surface area contributed by atoms with E-state index in [1.165, 1.54) is 4.31 Å². The van der Waals surface area contributed by atoms with Crippen LogP contribution in [0, 0.1) is 5.92 Å². The molecule has 0 unspecified atom stereocenters. The van der Waals surface area contributed by atoms with Crippen molar-refractivity contribution < 1.29 is 13.2 Å². The van der Waals surface area contributed by atoms with Crippen molar-refractivity contribution in [3.8, 4) is 0 Å². The quantitative estimate of drug-likeness (QED) is 0.599. The number of aromatic nitrogens is 2. The Morgan fingerprint density at radius 3 is 2.79 bits per heavy atom. The number of hydrogen-bond acceptors (Lipinski definition) is 4. The van der Waals surface area contributed by atoms with E-state index in [0.717, 1.165) is 37.8 Å². The van der Waals surface area contributed by atoms with Crippen molar-refractivity contribution >= 4 is 15.9 Å². The lowest BCUT2D eigenvalue weighted by Gasteiger charge is -2.31. The first-order valence-electron chi connectivity index (χ1n) is 10.3. The number of rotatable bonds is 10. The Morgan fingerprint density at radius 2 is 2.03 bits per heavy atom. The van der Waals surface area contributed by atoms with E-state index in [-0.39, 0.29) is 17.6 Å². The summed E-state index contributed by atoms with van der Waals surface area (Å²) in [5.41, 5.74) is 1.15. The Bertz CT molecular complexity index is 853. The Kier molecular flexibility index (Phi) is 7.83. The van der Waals surface area contributed by atoms with Crippen molar-refractivity contribution in [3.05, 3.63) is 54.6 Å². The Labute approximate surface area is 173 Å². The van der Waals surface area contributed by atoms with Gasteiger partial charge in [-0.3, -0.25) is 4.79 Å². The zero-order valence-electron chi connectivity index (χ0n) is 16.7. The van der Waals surface area contributed by atoms with Crippen molar-refractivity contribution in [2.75, 3.05) is 25.4 Å². The van der Waals surface area contributed by atoms with Crippen LogP contribution in [0.4, 0.5) is 0 Å². The van der Waals surface area contributed by atoms with Crippen LogP contribution >= 0.6 is 0 Å². The summed E-state index contributed by atoms with van der Waals surface area (Å²) in [6.07, 6.45) is 9.00. The molecule has 0 saturated carbocycles. The van der Waals surface area contributed by atoms with Crippen LogP contribution in [-0.2, 0) is 27.8 Å². The number of imidazole rings is 1. The van der Waals surface area contributed by atoms with Gasteiger partial charge >= 0.3 is 0 Å². The number of nitrogens with one attached hydrogen (secondary N) is 1. The molecule has 29 heavy (non-hydrogen) atoms. The number of piperidine rings is 1. The van der Waals surface area contributed by atoms with Gasteiger partial charge in [0, 0.05) is 38.6 Å². The van der Waals surface area contributed by atoms with Crippen molar-refractivity contribution in [1.82, 2.24) is 19.2 Å². The highest BCUT2D eigenvalue weighted by Gasteiger charge is 2.31. The molecule has 0 aliphatic carbocycles. The molecule has 0 spiro atoms. The minimum Gasteiger partial charge on any atom is -0.356 e. The lowest BCUT2D eigenvalue weighted by molar-refractivity contribution is -0.126. The lowest BCUT2D eigenvalue weighted by atomic mass is 9.99. The molecule has 1 aromatic heterocycles. The summed E-state index contributed by atoms with van der Waals surface area (Å²) in [7, 11) is -3.33. The van der Waals surface area contributed by atoms with E-state index in [9.17, 15) is 13.2 Å². The molecule has 1 N–H and O–H groups in total. The van der Waals surface area contributed by atoms with Crippen molar-refractivity contribution in [2.24, 2.45) is 5.92 Å². The van der Waals surface area contributed by atoms with Gasteiger partial charge in [0.2, 0.25) is 15.9 Å². The molecule has 0 bridgehead atoms. The molecule has 1 aromatic carbocycles. The maximum Gasteiger partial charge on any atom is 0.224 e. The second-order valence-corrected chi connectivity index (χ2v) is 9.64. The van der Waals surface area contributed by atoms with E-state index < -0.39 is 10.0 Å². The van der Waals surface area contributed by atoms with E-state index in [0.29, 0.717) is 26.1 Å². The van der Waals surface area contributed by atoms with Gasteiger partial charge in [-0.25, -0.2) is 17.7 Å². The third-order valence-corrected chi connectivity index (χ3v) is 7.23. The zero-order valence-corrected chi connectivity index (χ0v) is 17.6. The molecular formula is C21H30N4O3S. The molecule has 1 amide bonds. The van der Waals surface area contributed by atoms with E-state index in [1.807, 2.05) is 41.1 Å². The Balaban J connectivity index is 1.41. The Morgan fingerprint density at radius 1 is 1.21 bits per heavy atom. The molecule has 1 aliphatic heterocycles. The molecular weight excluding hydrogens is 388 g/mol. The first-order chi connectivity index (χ1) is 14.0. The summed E-state index contributed by atoms with van der Waals surface area (Å²) in [5, 5.41) is 2.96. The monoisotopic (exact) mass is 418 g/mol. The molecule has 1 fully saturated rings. The van der Waals surface area contributed by atoms with Gasteiger partial charge < -0.3 is 9.88 Å². The van der Waals surface area contributed by atoms with Crippen molar-refractivity contribution in [2.45, 2.75) is 38.6 Å². The molecule has 2 aromatic rings. The topological polar surface area (TPSA) is 84.3 Å². The highest BCUT2D eigenvalue weighted by atomic mass is 32.2. The maximum absolute atomic E-state index is 12.7. The van der Waals surface area contributed by atoms with E-state index >= 15 is 0 Å². The maximum atomic E-state index is 12.7. The number of amides is 1. The SMILES string of the molecule is O=C(NCCCn1ccnc1)[C@@H]1CCCN(S(=O)(=O)CCCc2ccccc2)C1. The van der Waals surface area contributed by atoms with Crippen LogP contribution in [0.5, 0.6) is 0 Å². The van der Waals surface area contributed by atoms with E-state index in [1.54, 1.807) is 12.5 Å². The highest BCUT2D eigenvalue weighted by Crippen LogP contribution is 2.20. The molecule has 2 heterocycles. The van der Waals surface area contributed by atoms with Gasteiger partial charge in [-0.1, -0.05) is 30.3 Å². The average Bonchev–Trinajstić information content (AvgIpc) is 3.25. The standard InChI is InChI=1S/C21H30N4O3S/c26-21(23-11-6-13-24-15-12-22-18-24)20-10-4-14-25(17-20)29(27,28)16-5-9-19-7-2-1-3-8-19/h1-3,7-8,12,15,18,20H,4-6,9-11,13-14,16-17H2,(H,23,26)/t20-/m1/s1. The fourth-order valence-corrected chi connectivity index (χ4v) is 5.26. The second-order valence-electron chi connectivity index (χ2n) is 7.55. The van der Waals surface area contributed by atoms with Gasteiger partial charge in [-0.05, 0) is 37.7 Å². The summed E-state index contributed by atoms with van der Waals surface area (Å²) in [5.74, 6) is -0.179. The lowest BCUT2D eigenvalue weighted by Crippen LogP contribution is -2.46. The zero-order chi connectivity index (χ0) is 20.5. The number of sulfonamides is 1. The van der Waals surface area contributed by atoms with Crippen LogP contribution in [0.1, 0.15) is 31.2 Å². The van der Waals surface area contributed by atoms with Crippen LogP contribution in [-0.4, -0.2) is 53.6 Å². The normalized spacial score (nSPS) is 17.9. The van der Waals surface area contributed by atoms with E-state index in [4.69, 9.17) is 0 Å². The van der Waals surface area contributed by atoms with Crippen molar-refractivity contribution in [1.29, 1.82) is 0 Å². The number of aryl methyl sites for hydroxylation is 2. The fourth-order valence-electron chi connectivity index (χ4n) is 3.68. The molecule has 158 valence electrons. The summed E-state index contributed by atoms with van der Waals surface area (Å²) < 4.78 is 28.9. The predicted molar refractivity (Wildman–Crippen MR) is 113 cm³/mol. The molecule has 8 heteroatoms. The third-order valence-electron chi connectivity index (χ3n) is 5.31. The smallest absolute Gasteiger partial charge is 0.224 e. The minimum atomic E-state index is -3.33. The van der Waals surface area contributed by atoms with Gasteiger partial charge in [0.15, 0.2) is 0 Å². The number of carbonyl (C=O) groups is 1. The number of hydrogen-bond donors (Lipinski definition) is 1.